The number of halogens is 2. The minimum atomic E-state index is -0.611. The number of benzene rings is 1. The number of aromatic nitrogens is 3. The lowest BCUT2D eigenvalue weighted by Crippen LogP contribution is -2.09. The zero-order chi connectivity index (χ0) is 16.6. The van der Waals surface area contributed by atoms with Crippen molar-refractivity contribution in [2.75, 3.05) is 19.0 Å². The van der Waals surface area contributed by atoms with Crippen molar-refractivity contribution >= 4 is 5.82 Å². The number of aryl methyl sites for hydroxylation is 1. The Bertz CT molecular complexity index is 838. The van der Waals surface area contributed by atoms with Gasteiger partial charge in [0.1, 0.15) is 17.5 Å². The van der Waals surface area contributed by atoms with Gasteiger partial charge in [0.15, 0.2) is 0 Å². The Kier molecular flexibility index (Phi) is 3.82. The fourth-order valence-corrected chi connectivity index (χ4v) is 2.36. The lowest BCUT2D eigenvalue weighted by atomic mass is 10.1. The minimum absolute atomic E-state index is 0.311. The summed E-state index contributed by atoms with van der Waals surface area (Å²) in [6.07, 6.45) is 1.72. The van der Waals surface area contributed by atoms with Crippen LogP contribution in [-0.2, 0) is 7.05 Å². The van der Waals surface area contributed by atoms with Crippen LogP contribution in [0.1, 0.15) is 0 Å². The molecular formula is C17H16F2N4. The molecule has 23 heavy (non-hydrogen) atoms. The number of hydrogen-bond donors (Lipinski definition) is 0. The third kappa shape index (κ3) is 2.92. The summed E-state index contributed by atoms with van der Waals surface area (Å²) in [7, 11) is 5.56. The highest BCUT2D eigenvalue weighted by Gasteiger charge is 2.13. The Morgan fingerprint density at radius 2 is 1.83 bits per heavy atom. The van der Waals surface area contributed by atoms with E-state index in [0.717, 1.165) is 17.4 Å². The molecule has 0 atom stereocenters. The molecule has 0 saturated heterocycles. The zero-order valence-electron chi connectivity index (χ0n) is 13.1. The first-order valence-electron chi connectivity index (χ1n) is 7.09. The number of anilines is 1. The van der Waals surface area contributed by atoms with E-state index in [1.165, 1.54) is 12.1 Å². The number of rotatable bonds is 3. The third-order valence-electron chi connectivity index (χ3n) is 3.59. The van der Waals surface area contributed by atoms with Gasteiger partial charge in [-0.25, -0.2) is 13.8 Å². The predicted molar refractivity (Wildman–Crippen MR) is 86.1 cm³/mol. The van der Waals surface area contributed by atoms with E-state index in [4.69, 9.17) is 0 Å². The first-order valence-corrected chi connectivity index (χ1v) is 7.09. The lowest BCUT2D eigenvalue weighted by Gasteiger charge is -2.10. The Balaban J connectivity index is 2.00. The van der Waals surface area contributed by atoms with Crippen molar-refractivity contribution in [2.45, 2.75) is 0 Å². The van der Waals surface area contributed by atoms with Gasteiger partial charge in [-0.15, -0.1) is 0 Å². The molecule has 0 aliphatic rings. The number of nitrogens with zero attached hydrogens (tertiary/aromatic N) is 4. The maximum Gasteiger partial charge on any atom is 0.135 e. The Morgan fingerprint density at radius 3 is 2.43 bits per heavy atom. The monoisotopic (exact) mass is 314 g/mol. The molecule has 0 saturated carbocycles. The first-order chi connectivity index (χ1) is 11.0. The van der Waals surface area contributed by atoms with Gasteiger partial charge in [0, 0.05) is 44.5 Å². The smallest absolute Gasteiger partial charge is 0.135 e. The van der Waals surface area contributed by atoms with Gasteiger partial charge < -0.3 is 4.90 Å². The summed E-state index contributed by atoms with van der Waals surface area (Å²) in [5.74, 6) is -0.368. The fourth-order valence-electron chi connectivity index (χ4n) is 2.36. The van der Waals surface area contributed by atoms with Crippen molar-refractivity contribution in [1.82, 2.24) is 14.8 Å². The van der Waals surface area contributed by atoms with E-state index in [1.54, 1.807) is 24.0 Å². The Morgan fingerprint density at radius 1 is 1.04 bits per heavy atom. The average Bonchev–Trinajstić information content (AvgIpc) is 2.89. The summed E-state index contributed by atoms with van der Waals surface area (Å²) in [6, 6.07) is 9.09. The average molecular weight is 314 g/mol. The van der Waals surface area contributed by atoms with E-state index in [0.29, 0.717) is 17.0 Å². The van der Waals surface area contributed by atoms with Crippen LogP contribution in [0, 0.1) is 11.6 Å². The fraction of sp³-hybridized carbons (Fsp3) is 0.176. The Hall–Kier alpha value is -2.76. The third-order valence-corrected chi connectivity index (χ3v) is 3.59. The van der Waals surface area contributed by atoms with E-state index in [1.807, 2.05) is 31.1 Å². The molecule has 2 heterocycles. The van der Waals surface area contributed by atoms with E-state index >= 15 is 0 Å². The van der Waals surface area contributed by atoms with Crippen LogP contribution < -0.4 is 4.90 Å². The van der Waals surface area contributed by atoms with E-state index < -0.39 is 11.6 Å². The second kappa shape index (κ2) is 5.79. The minimum Gasteiger partial charge on any atom is -0.363 e. The molecule has 0 bridgehead atoms. The van der Waals surface area contributed by atoms with Gasteiger partial charge in [-0.05, 0) is 30.3 Å². The van der Waals surface area contributed by atoms with Crippen molar-refractivity contribution in [1.29, 1.82) is 0 Å². The number of hydrogen-bond acceptors (Lipinski definition) is 3. The van der Waals surface area contributed by atoms with Gasteiger partial charge in [0.25, 0.3) is 0 Å². The van der Waals surface area contributed by atoms with Crippen LogP contribution in [0.25, 0.3) is 22.5 Å². The van der Waals surface area contributed by atoms with Crippen LogP contribution in [-0.4, -0.2) is 28.9 Å². The molecule has 1 aromatic carbocycles. The maximum atomic E-state index is 14.0. The summed E-state index contributed by atoms with van der Waals surface area (Å²) < 4.78 is 28.6. The van der Waals surface area contributed by atoms with Gasteiger partial charge in [0.2, 0.25) is 0 Å². The summed E-state index contributed by atoms with van der Waals surface area (Å²) in [6.45, 7) is 0. The van der Waals surface area contributed by atoms with Crippen molar-refractivity contribution in [3.05, 3.63) is 54.2 Å². The molecule has 6 heteroatoms. The summed E-state index contributed by atoms with van der Waals surface area (Å²) in [5, 5.41) is 4.40. The van der Waals surface area contributed by atoms with Crippen LogP contribution in [0.2, 0.25) is 0 Å². The molecular weight excluding hydrogens is 298 g/mol. The molecule has 0 spiro atoms. The van der Waals surface area contributed by atoms with Crippen molar-refractivity contribution in [3.8, 4) is 22.5 Å². The molecule has 0 unspecified atom stereocenters. The first kappa shape index (κ1) is 15.1. The molecule has 3 rings (SSSR count). The molecule has 2 aromatic heterocycles. The molecule has 0 radical (unpaired) electrons. The SMILES string of the molecule is CN(C)c1ccc(-c2cc(-c3ccc(F)cc3F)n(C)n2)cn1. The molecule has 118 valence electrons. The van der Waals surface area contributed by atoms with Gasteiger partial charge in [-0.3, -0.25) is 4.68 Å². The molecule has 0 aliphatic carbocycles. The van der Waals surface area contributed by atoms with Crippen LogP contribution >= 0.6 is 0 Å². The zero-order valence-corrected chi connectivity index (χ0v) is 13.1. The quantitative estimate of drug-likeness (QED) is 0.742. The van der Waals surface area contributed by atoms with Gasteiger partial charge in [0.05, 0.1) is 11.4 Å². The summed E-state index contributed by atoms with van der Waals surface area (Å²) in [4.78, 5) is 6.25. The van der Waals surface area contributed by atoms with Crippen molar-refractivity contribution in [3.63, 3.8) is 0 Å². The van der Waals surface area contributed by atoms with Crippen LogP contribution in [0.4, 0.5) is 14.6 Å². The lowest BCUT2D eigenvalue weighted by molar-refractivity contribution is 0.584. The van der Waals surface area contributed by atoms with Crippen LogP contribution in [0.5, 0.6) is 0 Å². The van der Waals surface area contributed by atoms with E-state index in [-0.39, 0.29) is 0 Å². The van der Waals surface area contributed by atoms with Gasteiger partial charge >= 0.3 is 0 Å². The highest BCUT2D eigenvalue weighted by atomic mass is 19.1. The highest BCUT2D eigenvalue weighted by molar-refractivity contribution is 5.69. The topological polar surface area (TPSA) is 34.0 Å². The molecule has 0 N–H and O–H groups in total. The molecule has 0 amide bonds. The van der Waals surface area contributed by atoms with Gasteiger partial charge in [-0.2, -0.15) is 5.10 Å². The standard InChI is InChI=1S/C17H16F2N4/c1-22(2)17-7-4-11(10-20-17)15-9-16(23(3)21-15)13-6-5-12(18)8-14(13)19/h4-10H,1-3H3. The molecule has 4 nitrogen and oxygen atoms in total. The molecule has 3 aromatic rings. The van der Waals surface area contributed by atoms with Crippen LogP contribution in [0.3, 0.4) is 0 Å². The highest BCUT2D eigenvalue weighted by Crippen LogP contribution is 2.28. The largest absolute Gasteiger partial charge is 0.363 e. The molecule has 0 fully saturated rings. The second-order valence-electron chi connectivity index (χ2n) is 5.46. The summed E-state index contributed by atoms with van der Waals surface area (Å²) >= 11 is 0. The summed E-state index contributed by atoms with van der Waals surface area (Å²) in [5.41, 5.74) is 2.41. The molecule has 0 aliphatic heterocycles. The van der Waals surface area contributed by atoms with E-state index in [9.17, 15) is 8.78 Å². The Labute approximate surface area is 133 Å². The van der Waals surface area contributed by atoms with Crippen molar-refractivity contribution < 1.29 is 8.78 Å². The normalized spacial score (nSPS) is 10.8. The van der Waals surface area contributed by atoms with Gasteiger partial charge in [-0.1, -0.05) is 0 Å². The second-order valence-corrected chi connectivity index (χ2v) is 5.46. The van der Waals surface area contributed by atoms with E-state index in [2.05, 4.69) is 10.1 Å². The van der Waals surface area contributed by atoms with Crippen LogP contribution in [0.15, 0.2) is 42.6 Å². The predicted octanol–water partition coefficient (Wildman–Crippen LogP) is 3.49. The maximum absolute atomic E-state index is 14.0. The number of pyridine rings is 1. The van der Waals surface area contributed by atoms with Crippen molar-refractivity contribution in [2.24, 2.45) is 7.05 Å².